The van der Waals surface area contributed by atoms with Crippen LogP contribution in [0.3, 0.4) is 0 Å². The van der Waals surface area contributed by atoms with Crippen LogP contribution >= 0.6 is 0 Å². The Balaban J connectivity index is -0.0000000800. The van der Waals surface area contributed by atoms with E-state index in [4.69, 9.17) is 10.2 Å². The summed E-state index contributed by atoms with van der Waals surface area (Å²) in [4.78, 5) is 0. The topological polar surface area (TPSA) is 40.5 Å². The molecule has 34 valence electrons. The smallest absolute Gasteiger partial charge is 1.00 e. The molecule has 0 aliphatic carbocycles. The fourth-order valence-corrected chi connectivity index (χ4v) is 0. The quantitative estimate of drug-likeness (QED) is 0.269. The van der Waals surface area contributed by atoms with E-state index in [1.807, 2.05) is 0 Å². The van der Waals surface area contributed by atoms with Crippen LogP contribution in [-0.2, 0) is 0 Å². The second kappa shape index (κ2) is 5.92. The van der Waals surface area contributed by atoms with Crippen LogP contribution < -0.4 is 29.6 Å². The van der Waals surface area contributed by atoms with Crippen molar-refractivity contribution in [2.45, 2.75) is 19.6 Å². The maximum Gasteiger partial charge on any atom is 1.00 e. The Kier molecular flexibility index (Phi) is 9.89. The van der Waals surface area contributed by atoms with E-state index in [2.05, 4.69) is 0 Å². The predicted molar refractivity (Wildman–Crippen MR) is 19.6 cm³/mol. The average Bonchev–Trinajstić information content (AvgIpc) is 1.38. The molecular formula is C3H9NaO2. The molecule has 0 unspecified atom stereocenters. The fourth-order valence-electron chi connectivity index (χ4n) is 0. The Bertz CT molecular complexity index is 26.9. The summed E-state index contributed by atoms with van der Waals surface area (Å²) in [5.41, 5.74) is 0. The molecule has 0 atom stereocenters. The molecule has 0 saturated carbocycles. The van der Waals surface area contributed by atoms with Crippen LogP contribution in [0.25, 0.3) is 0 Å². The van der Waals surface area contributed by atoms with E-state index in [-0.39, 0.29) is 31.0 Å². The minimum Gasteiger partial charge on any atom is -1.00 e. The molecule has 2 N–H and O–H groups in total. The maximum absolute atomic E-state index is 7.92. The van der Waals surface area contributed by atoms with Gasteiger partial charge in [-0.15, -0.1) is 0 Å². The molecule has 0 aromatic heterocycles. The van der Waals surface area contributed by atoms with Crippen molar-refractivity contribution in [1.29, 1.82) is 0 Å². The van der Waals surface area contributed by atoms with E-state index in [0.717, 1.165) is 0 Å². The monoisotopic (exact) mass is 100 g/mol. The van der Waals surface area contributed by atoms with E-state index >= 15 is 0 Å². The van der Waals surface area contributed by atoms with Crippen molar-refractivity contribution in [2.24, 2.45) is 0 Å². The van der Waals surface area contributed by atoms with Gasteiger partial charge in [-0.3, -0.25) is 0 Å². The molecule has 0 bridgehead atoms. The zero-order chi connectivity index (χ0) is 4.28. The maximum atomic E-state index is 7.92. The summed E-state index contributed by atoms with van der Waals surface area (Å²) in [5.74, 6) is 0. The first-order valence-electron chi connectivity index (χ1n) is 1.63. The third kappa shape index (κ3) is 8.87. The fraction of sp³-hybridized carbons (Fsp3) is 1.00. The SMILES string of the molecule is CCC(O)O.[H-].[Na+]. The third-order valence-electron chi connectivity index (χ3n) is 0.365. The van der Waals surface area contributed by atoms with Crippen molar-refractivity contribution < 1.29 is 41.2 Å². The summed E-state index contributed by atoms with van der Waals surface area (Å²) < 4.78 is 0. The van der Waals surface area contributed by atoms with Gasteiger partial charge in [-0.2, -0.15) is 0 Å². The standard InChI is InChI=1S/C3H8O2.Na.H/c1-2-3(4)5;;/h3-5H,2H2,1H3;;/q;+1;-1. The molecule has 0 aliphatic heterocycles. The molecule has 0 fully saturated rings. The van der Waals surface area contributed by atoms with E-state index in [0.29, 0.717) is 6.42 Å². The van der Waals surface area contributed by atoms with Gasteiger partial charge in [-0.05, 0) is 6.42 Å². The van der Waals surface area contributed by atoms with Gasteiger partial charge < -0.3 is 11.6 Å². The minimum atomic E-state index is -1.12. The van der Waals surface area contributed by atoms with Gasteiger partial charge >= 0.3 is 29.6 Å². The van der Waals surface area contributed by atoms with Crippen LogP contribution in [0, 0.1) is 0 Å². The largest absolute Gasteiger partial charge is 1.00 e. The molecule has 0 rings (SSSR count). The summed E-state index contributed by atoms with van der Waals surface area (Å²) in [6.07, 6.45) is -0.699. The second-order valence-corrected chi connectivity index (χ2v) is 0.889. The Morgan fingerprint density at radius 1 is 1.67 bits per heavy atom. The molecule has 6 heavy (non-hydrogen) atoms. The van der Waals surface area contributed by atoms with Crippen LogP contribution in [0.1, 0.15) is 14.8 Å². The number of hydrogen-bond donors (Lipinski definition) is 2. The predicted octanol–water partition coefficient (Wildman–Crippen LogP) is -3.18. The van der Waals surface area contributed by atoms with Crippen molar-refractivity contribution in [2.75, 3.05) is 0 Å². The molecule has 0 saturated heterocycles. The van der Waals surface area contributed by atoms with E-state index in [1.165, 1.54) is 0 Å². The zero-order valence-corrected chi connectivity index (χ0v) is 6.18. The van der Waals surface area contributed by atoms with Gasteiger partial charge in [0.1, 0.15) is 0 Å². The van der Waals surface area contributed by atoms with Crippen molar-refractivity contribution in [3.63, 3.8) is 0 Å². The van der Waals surface area contributed by atoms with E-state index in [1.54, 1.807) is 6.92 Å². The van der Waals surface area contributed by atoms with Gasteiger partial charge in [-0.25, -0.2) is 0 Å². The molecule has 0 heterocycles. The summed E-state index contributed by atoms with van der Waals surface area (Å²) in [7, 11) is 0. The Hall–Kier alpha value is 0.920. The van der Waals surface area contributed by atoms with E-state index in [9.17, 15) is 0 Å². The van der Waals surface area contributed by atoms with Crippen LogP contribution in [0.5, 0.6) is 0 Å². The van der Waals surface area contributed by atoms with Crippen molar-refractivity contribution in [3.8, 4) is 0 Å². The zero-order valence-electron chi connectivity index (χ0n) is 5.18. The number of rotatable bonds is 1. The molecule has 3 heteroatoms. The molecule has 0 radical (unpaired) electrons. The molecule has 0 amide bonds. The molecule has 0 spiro atoms. The molecule has 0 aromatic carbocycles. The number of hydrogen-bond acceptors (Lipinski definition) is 2. The van der Waals surface area contributed by atoms with E-state index < -0.39 is 6.29 Å². The van der Waals surface area contributed by atoms with Crippen molar-refractivity contribution in [3.05, 3.63) is 0 Å². The summed E-state index contributed by atoms with van der Waals surface area (Å²) >= 11 is 0. The molecular weight excluding hydrogens is 91.0 g/mol. The second-order valence-electron chi connectivity index (χ2n) is 0.889. The summed E-state index contributed by atoms with van der Waals surface area (Å²) in [6, 6.07) is 0. The Morgan fingerprint density at radius 2 is 1.83 bits per heavy atom. The van der Waals surface area contributed by atoms with Gasteiger partial charge in [-0.1, -0.05) is 6.92 Å². The van der Waals surface area contributed by atoms with Crippen LogP contribution in [-0.4, -0.2) is 16.5 Å². The Morgan fingerprint density at radius 3 is 1.83 bits per heavy atom. The van der Waals surface area contributed by atoms with Crippen molar-refractivity contribution >= 4 is 0 Å². The third-order valence-corrected chi connectivity index (χ3v) is 0.365. The van der Waals surface area contributed by atoms with Crippen LogP contribution in [0.4, 0.5) is 0 Å². The molecule has 2 nitrogen and oxygen atoms in total. The van der Waals surface area contributed by atoms with Crippen LogP contribution in [0.15, 0.2) is 0 Å². The van der Waals surface area contributed by atoms with Crippen molar-refractivity contribution in [1.82, 2.24) is 0 Å². The Labute approximate surface area is 61.0 Å². The first kappa shape index (κ1) is 10.0. The van der Waals surface area contributed by atoms with Gasteiger partial charge in [0.15, 0.2) is 6.29 Å². The minimum absolute atomic E-state index is 0. The van der Waals surface area contributed by atoms with Crippen LogP contribution in [0.2, 0.25) is 0 Å². The average molecular weight is 100 g/mol. The molecule has 0 aromatic rings. The van der Waals surface area contributed by atoms with Gasteiger partial charge in [0.05, 0.1) is 0 Å². The van der Waals surface area contributed by atoms with Gasteiger partial charge in [0.2, 0.25) is 0 Å². The normalized spacial score (nSPS) is 8.00. The van der Waals surface area contributed by atoms with Gasteiger partial charge in [0.25, 0.3) is 0 Å². The summed E-state index contributed by atoms with van der Waals surface area (Å²) in [5, 5.41) is 15.8. The molecule has 0 aliphatic rings. The van der Waals surface area contributed by atoms with Gasteiger partial charge in [0, 0.05) is 0 Å². The number of aliphatic hydroxyl groups excluding tert-OH is 1. The summed E-state index contributed by atoms with van der Waals surface area (Å²) in [6.45, 7) is 1.70. The number of aliphatic hydroxyl groups is 2. The first-order chi connectivity index (χ1) is 2.27. The first-order valence-corrected chi connectivity index (χ1v) is 1.63.